The molecule has 0 aromatic heterocycles. The first-order valence-corrected chi connectivity index (χ1v) is 6.94. The molecule has 0 fully saturated rings. The third kappa shape index (κ3) is 3.28. The Labute approximate surface area is 125 Å². The van der Waals surface area contributed by atoms with E-state index in [0.29, 0.717) is 15.4 Å². The van der Waals surface area contributed by atoms with Crippen molar-refractivity contribution < 1.29 is 14.1 Å². The van der Waals surface area contributed by atoms with Gasteiger partial charge in [-0.1, -0.05) is 23.9 Å². The molecule has 0 unspecified atom stereocenters. The van der Waals surface area contributed by atoms with Gasteiger partial charge in [0.15, 0.2) is 5.78 Å². The molecule has 0 N–H and O–H groups in total. The maximum Gasteiger partial charge on any atom is 0.283 e. The van der Waals surface area contributed by atoms with Crippen molar-refractivity contribution in [3.05, 3.63) is 63.5 Å². The molecule has 0 radical (unpaired) electrons. The second-order valence-corrected chi connectivity index (χ2v) is 5.56. The highest BCUT2D eigenvalue weighted by molar-refractivity contribution is 7.99. The molecule has 0 heterocycles. The van der Waals surface area contributed by atoms with E-state index in [4.69, 9.17) is 0 Å². The second-order valence-electron chi connectivity index (χ2n) is 4.48. The van der Waals surface area contributed by atoms with Gasteiger partial charge < -0.3 is 0 Å². The van der Waals surface area contributed by atoms with Crippen molar-refractivity contribution in [3.8, 4) is 0 Å². The number of nitro groups is 1. The molecule has 0 atom stereocenters. The third-order valence-electron chi connectivity index (χ3n) is 2.92. The Morgan fingerprint density at radius 3 is 2.52 bits per heavy atom. The van der Waals surface area contributed by atoms with E-state index in [-0.39, 0.29) is 17.0 Å². The van der Waals surface area contributed by atoms with Crippen molar-refractivity contribution in [1.29, 1.82) is 0 Å². The highest BCUT2D eigenvalue weighted by atomic mass is 32.2. The summed E-state index contributed by atoms with van der Waals surface area (Å²) in [4.78, 5) is 23.1. The van der Waals surface area contributed by atoms with Crippen LogP contribution in [0.15, 0.2) is 46.2 Å². The lowest BCUT2D eigenvalue weighted by atomic mass is 10.1. The molecule has 0 aliphatic rings. The first kappa shape index (κ1) is 15.2. The van der Waals surface area contributed by atoms with E-state index in [9.17, 15) is 19.3 Å². The van der Waals surface area contributed by atoms with Crippen LogP contribution >= 0.6 is 11.8 Å². The molecule has 108 valence electrons. The summed E-state index contributed by atoms with van der Waals surface area (Å²) in [6.45, 7) is 2.93. The number of hydrogen-bond donors (Lipinski definition) is 0. The van der Waals surface area contributed by atoms with Crippen molar-refractivity contribution in [2.75, 3.05) is 0 Å². The fourth-order valence-corrected chi connectivity index (χ4v) is 3.01. The van der Waals surface area contributed by atoms with Gasteiger partial charge in [0.1, 0.15) is 5.82 Å². The number of para-hydroxylation sites is 1. The fraction of sp³-hybridized carbons (Fsp3) is 0.133. The number of carbonyl (C=O) groups is 1. The van der Waals surface area contributed by atoms with Crippen molar-refractivity contribution in [2.24, 2.45) is 0 Å². The van der Waals surface area contributed by atoms with Gasteiger partial charge in [0.25, 0.3) is 5.69 Å². The highest BCUT2D eigenvalue weighted by Gasteiger charge is 2.18. The molecule has 0 aliphatic carbocycles. The number of benzene rings is 2. The van der Waals surface area contributed by atoms with Gasteiger partial charge in [0.05, 0.1) is 9.82 Å². The molecule has 4 nitrogen and oxygen atoms in total. The summed E-state index contributed by atoms with van der Waals surface area (Å²) in [5, 5.41) is 11.0. The zero-order valence-electron chi connectivity index (χ0n) is 11.4. The second kappa shape index (κ2) is 6.05. The predicted octanol–water partition coefficient (Wildman–Crippen LogP) is 4.40. The maximum absolute atomic E-state index is 13.6. The summed E-state index contributed by atoms with van der Waals surface area (Å²) in [7, 11) is 0. The van der Waals surface area contributed by atoms with Crippen LogP contribution in [-0.2, 0) is 0 Å². The van der Waals surface area contributed by atoms with Crippen LogP contribution in [0.2, 0.25) is 0 Å². The molecule has 0 saturated carbocycles. The molecule has 21 heavy (non-hydrogen) atoms. The van der Waals surface area contributed by atoms with Crippen LogP contribution in [0.25, 0.3) is 0 Å². The highest BCUT2D eigenvalue weighted by Crippen LogP contribution is 2.37. The molecule has 2 rings (SSSR count). The summed E-state index contributed by atoms with van der Waals surface area (Å²) in [6.07, 6.45) is 0. The van der Waals surface area contributed by atoms with E-state index in [2.05, 4.69) is 0 Å². The van der Waals surface area contributed by atoms with E-state index in [1.165, 1.54) is 25.1 Å². The lowest BCUT2D eigenvalue weighted by Gasteiger charge is -2.09. The Morgan fingerprint density at radius 1 is 1.24 bits per heavy atom. The number of aryl methyl sites for hydroxylation is 1. The summed E-state index contributed by atoms with van der Waals surface area (Å²) in [5.74, 6) is -0.748. The summed E-state index contributed by atoms with van der Waals surface area (Å²) in [6, 6.07) is 8.96. The number of nitrogens with zero attached hydrogens (tertiary/aromatic N) is 1. The SMILES string of the molecule is CC(=O)c1cc(F)c(C)cc1Sc1ccccc1[N+](=O)[O-]. The number of halogens is 1. The quantitative estimate of drug-likeness (QED) is 0.477. The monoisotopic (exact) mass is 305 g/mol. The average molecular weight is 305 g/mol. The van der Waals surface area contributed by atoms with Gasteiger partial charge in [-0.3, -0.25) is 14.9 Å². The largest absolute Gasteiger partial charge is 0.294 e. The standard InChI is InChI=1S/C15H12FNO3S/c1-9-7-15(11(10(2)18)8-12(9)16)21-14-6-4-3-5-13(14)17(19)20/h3-8H,1-2H3. The normalized spacial score (nSPS) is 10.4. The lowest BCUT2D eigenvalue weighted by Crippen LogP contribution is -1.99. The Balaban J connectivity index is 2.52. The van der Waals surface area contributed by atoms with Crippen molar-refractivity contribution in [2.45, 2.75) is 23.6 Å². The third-order valence-corrected chi connectivity index (χ3v) is 4.04. The maximum atomic E-state index is 13.6. The van der Waals surface area contributed by atoms with E-state index in [0.717, 1.165) is 11.8 Å². The summed E-state index contributed by atoms with van der Waals surface area (Å²) < 4.78 is 13.6. The number of Topliss-reactive ketones (excluding diaryl/α,β-unsaturated/α-hetero) is 1. The van der Waals surface area contributed by atoms with E-state index in [1.807, 2.05) is 0 Å². The Morgan fingerprint density at radius 2 is 1.90 bits per heavy atom. The van der Waals surface area contributed by atoms with Crippen LogP contribution in [0, 0.1) is 22.9 Å². The summed E-state index contributed by atoms with van der Waals surface area (Å²) in [5.41, 5.74) is 0.571. The molecule has 0 saturated heterocycles. The minimum Gasteiger partial charge on any atom is -0.294 e. The van der Waals surface area contributed by atoms with Crippen LogP contribution in [-0.4, -0.2) is 10.7 Å². The predicted molar refractivity (Wildman–Crippen MR) is 78.4 cm³/mol. The molecule has 2 aromatic rings. The molecular formula is C15H12FNO3S. The van der Waals surface area contributed by atoms with Crippen LogP contribution < -0.4 is 0 Å². The first-order chi connectivity index (χ1) is 9.90. The number of nitro benzene ring substituents is 1. The molecule has 0 aliphatic heterocycles. The Kier molecular flexibility index (Phi) is 4.37. The van der Waals surface area contributed by atoms with E-state index >= 15 is 0 Å². The van der Waals surface area contributed by atoms with Crippen molar-refractivity contribution in [3.63, 3.8) is 0 Å². The van der Waals surface area contributed by atoms with Crippen LogP contribution in [0.1, 0.15) is 22.8 Å². The first-order valence-electron chi connectivity index (χ1n) is 6.12. The minimum atomic E-state index is -0.480. The molecule has 6 heteroatoms. The fourth-order valence-electron chi connectivity index (χ4n) is 1.83. The van der Waals surface area contributed by atoms with Gasteiger partial charge >= 0.3 is 0 Å². The van der Waals surface area contributed by atoms with Gasteiger partial charge in [-0.15, -0.1) is 0 Å². The number of ketones is 1. The van der Waals surface area contributed by atoms with Crippen LogP contribution in [0.4, 0.5) is 10.1 Å². The molecular weight excluding hydrogens is 293 g/mol. The number of carbonyl (C=O) groups excluding carboxylic acids is 1. The molecule has 0 spiro atoms. The molecule has 0 bridgehead atoms. The smallest absolute Gasteiger partial charge is 0.283 e. The average Bonchev–Trinajstić information content (AvgIpc) is 2.42. The van der Waals surface area contributed by atoms with E-state index < -0.39 is 10.7 Å². The van der Waals surface area contributed by atoms with Crippen LogP contribution in [0.3, 0.4) is 0 Å². The number of rotatable bonds is 4. The van der Waals surface area contributed by atoms with Crippen molar-refractivity contribution >= 4 is 23.2 Å². The summed E-state index contributed by atoms with van der Waals surface area (Å²) >= 11 is 1.09. The zero-order valence-corrected chi connectivity index (χ0v) is 12.2. The van der Waals surface area contributed by atoms with Gasteiger partial charge in [0, 0.05) is 16.5 Å². The number of hydrogen-bond acceptors (Lipinski definition) is 4. The topological polar surface area (TPSA) is 60.2 Å². The van der Waals surface area contributed by atoms with Gasteiger partial charge in [-0.25, -0.2) is 4.39 Å². The molecule has 2 aromatic carbocycles. The van der Waals surface area contributed by atoms with E-state index in [1.54, 1.807) is 25.1 Å². The lowest BCUT2D eigenvalue weighted by molar-refractivity contribution is -0.387. The molecule has 0 amide bonds. The Bertz CT molecular complexity index is 731. The van der Waals surface area contributed by atoms with Gasteiger partial charge in [-0.05, 0) is 37.6 Å². The zero-order chi connectivity index (χ0) is 15.6. The van der Waals surface area contributed by atoms with Gasteiger partial charge in [0.2, 0.25) is 0 Å². The van der Waals surface area contributed by atoms with Crippen molar-refractivity contribution in [1.82, 2.24) is 0 Å². The van der Waals surface area contributed by atoms with Crippen LogP contribution in [0.5, 0.6) is 0 Å². The minimum absolute atomic E-state index is 0.0426. The Hall–Kier alpha value is -2.21. The van der Waals surface area contributed by atoms with Gasteiger partial charge in [-0.2, -0.15) is 0 Å².